The van der Waals surface area contributed by atoms with Crippen LogP contribution >= 0.6 is 11.6 Å². The van der Waals surface area contributed by atoms with E-state index >= 15 is 0 Å². The zero-order chi connectivity index (χ0) is 9.14. The smallest absolute Gasteiger partial charge is 0.157 e. The molecule has 1 aromatic rings. The lowest BCUT2D eigenvalue weighted by Gasteiger charge is -2.03. The molecule has 0 heterocycles. The van der Waals surface area contributed by atoms with Gasteiger partial charge in [0.05, 0.1) is 5.75 Å². The van der Waals surface area contributed by atoms with Crippen molar-refractivity contribution in [1.82, 2.24) is 0 Å². The second-order valence-electron chi connectivity index (χ2n) is 2.49. The molecule has 12 heavy (non-hydrogen) atoms. The van der Waals surface area contributed by atoms with Gasteiger partial charge in [-0.1, -0.05) is 23.7 Å². The van der Waals surface area contributed by atoms with E-state index in [0.29, 0.717) is 5.02 Å². The van der Waals surface area contributed by atoms with Crippen LogP contribution < -0.4 is 0 Å². The molecule has 0 saturated heterocycles. The fourth-order valence-corrected chi connectivity index (χ4v) is 1.71. The molecule has 0 bridgehead atoms. The Morgan fingerprint density at radius 3 is 2.83 bits per heavy atom. The molecule has 1 N–H and O–H groups in total. The van der Waals surface area contributed by atoms with Gasteiger partial charge in [0.1, 0.15) is 0 Å². The molecule has 0 aliphatic heterocycles. The van der Waals surface area contributed by atoms with E-state index in [2.05, 4.69) is 0 Å². The van der Waals surface area contributed by atoms with Gasteiger partial charge in [-0.15, -0.1) is 0 Å². The summed E-state index contributed by atoms with van der Waals surface area (Å²) in [4.78, 5) is 0. The molecule has 0 spiro atoms. The van der Waals surface area contributed by atoms with Crippen molar-refractivity contribution in [3.63, 3.8) is 0 Å². The van der Waals surface area contributed by atoms with Crippen molar-refractivity contribution in [2.75, 3.05) is 0 Å². The Hall–Kier alpha value is -0.380. The molecule has 0 radical (unpaired) electrons. The molecule has 2 nitrogen and oxygen atoms in total. The summed E-state index contributed by atoms with van der Waals surface area (Å²) in [5.74, 6) is 0.145. The Kier molecular flexibility index (Phi) is 3.26. The van der Waals surface area contributed by atoms with Crippen LogP contribution in [0.3, 0.4) is 0 Å². The fourth-order valence-electron chi connectivity index (χ4n) is 0.942. The van der Waals surface area contributed by atoms with Crippen LogP contribution in [0.1, 0.15) is 11.1 Å². The summed E-state index contributed by atoms with van der Waals surface area (Å²) in [7, 11) is 0. The second kappa shape index (κ2) is 4.03. The Bertz CT molecular complexity index is 312. The van der Waals surface area contributed by atoms with E-state index in [1.165, 1.54) is 0 Å². The molecule has 0 fully saturated rings. The first-order chi connectivity index (χ1) is 5.61. The van der Waals surface area contributed by atoms with E-state index in [0.717, 1.165) is 11.1 Å². The first-order valence-electron chi connectivity index (χ1n) is 3.42. The number of hydrogen-bond donors (Lipinski definition) is 1. The highest BCUT2D eigenvalue weighted by atomic mass is 35.5. The predicted octanol–water partition coefficient (Wildman–Crippen LogP) is 2.37. The monoisotopic (exact) mass is 204 g/mol. The van der Waals surface area contributed by atoms with Gasteiger partial charge in [0, 0.05) is 5.02 Å². The summed E-state index contributed by atoms with van der Waals surface area (Å²) in [5, 5.41) is 0.637. The first-order valence-corrected chi connectivity index (χ1v) is 5.08. The van der Waals surface area contributed by atoms with E-state index < -0.39 is 11.1 Å². The Labute approximate surface area is 78.8 Å². The zero-order valence-electron chi connectivity index (χ0n) is 6.58. The standard InChI is InChI=1S/C8H9ClO2S/c1-6-7(5-12(10)11)3-2-4-8(6)9/h2-4H,5H2,1H3,(H,10,11). The molecule has 1 rings (SSSR count). The molecule has 0 aliphatic rings. The molecule has 66 valence electrons. The normalized spacial score (nSPS) is 12.9. The number of hydrogen-bond acceptors (Lipinski definition) is 1. The van der Waals surface area contributed by atoms with Gasteiger partial charge in [-0.05, 0) is 24.1 Å². The Morgan fingerprint density at radius 2 is 2.25 bits per heavy atom. The van der Waals surface area contributed by atoms with Crippen molar-refractivity contribution in [1.29, 1.82) is 0 Å². The van der Waals surface area contributed by atoms with E-state index in [1.54, 1.807) is 18.2 Å². The third-order valence-electron chi connectivity index (χ3n) is 1.66. The number of rotatable bonds is 2. The average Bonchev–Trinajstić information content (AvgIpc) is 1.98. The van der Waals surface area contributed by atoms with Crippen molar-refractivity contribution < 1.29 is 8.76 Å². The molecular formula is C8H9ClO2S. The minimum absolute atomic E-state index is 0.145. The van der Waals surface area contributed by atoms with Gasteiger partial charge in [-0.2, -0.15) is 0 Å². The number of benzene rings is 1. The van der Waals surface area contributed by atoms with Crippen LogP contribution in [0.4, 0.5) is 0 Å². The van der Waals surface area contributed by atoms with Gasteiger partial charge < -0.3 is 4.55 Å². The highest BCUT2D eigenvalue weighted by Crippen LogP contribution is 2.19. The largest absolute Gasteiger partial charge is 0.306 e. The molecule has 0 amide bonds. The SMILES string of the molecule is Cc1c(Cl)cccc1CS(=O)O. The predicted molar refractivity (Wildman–Crippen MR) is 50.7 cm³/mol. The van der Waals surface area contributed by atoms with Crippen LogP contribution in [0.25, 0.3) is 0 Å². The van der Waals surface area contributed by atoms with Crippen LogP contribution in [0.5, 0.6) is 0 Å². The lowest BCUT2D eigenvalue weighted by atomic mass is 10.1. The lowest BCUT2D eigenvalue weighted by molar-refractivity contribution is 0.563. The minimum Gasteiger partial charge on any atom is -0.306 e. The maximum atomic E-state index is 10.5. The fraction of sp³-hybridized carbons (Fsp3) is 0.250. The molecule has 0 saturated carbocycles. The maximum absolute atomic E-state index is 10.5. The molecule has 1 unspecified atom stereocenters. The average molecular weight is 205 g/mol. The van der Waals surface area contributed by atoms with Gasteiger partial charge >= 0.3 is 0 Å². The zero-order valence-corrected chi connectivity index (χ0v) is 8.15. The van der Waals surface area contributed by atoms with Crippen LogP contribution in [-0.4, -0.2) is 8.76 Å². The summed E-state index contributed by atoms with van der Waals surface area (Å²) < 4.78 is 19.2. The van der Waals surface area contributed by atoms with Crippen molar-refractivity contribution >= 4 is 22.7 Å². The van der Waals surface area contributed by atoms with Gasteiger partial charge in [0.15, 0.2) is 11.1 Å². The van der Waals surface area contributed by atoms with Crippen molar-refractivity contribution in [3.05, 3.63) is 34.3 Å². The topological polar surface area (TPSA) is 37.3 Å². The minimum atomic E-state index is -1.79. The molecular weight excluding hydrogens is 196 g/mol. The van der Waals surface area contributed by atoms with Gasteiger partial charge in [-0.25, -0.2) is 4.21 Å². The quantitative estimate of drug-likeness (QED) is 0.752. The Balaban J connectivity index is 3.00. The van der Waals surface area contributed by atoms with Crippen LogP contribution in [0, 0.1) is 6.92 Å². The third kappa shape index (κ3) is 2.30. The summed E-state index contributed by atoms with van der Waals surface area (Å²) in [5.41, 5.74) is 1.70. The third-order valence-corrected chi connectivity index (χ3v) is 2.63. The van der Waals surface area contributed by atoms with Gasteiger partial charge in [-0.3, -0.25) is 0 Å². The maximum Gasteiger partial charge on any atom is 0.157 e. The molecule has 1 aromatic carbocycles. The Morgan fingerprint density at radius 1 is 1.58 bits per heavy atom. The highest BCUT2D eigenvalue weighted by molar-refractivity contribution is 7.78. The van der Waals surface area contributed by atoms with Crippen LogP contribution in [-0.2, 0) is 16.8 Å². The molecule has 4 heteroatoms. The molecule has 1 atom stereocenters. The van der Waals surface area contributed by atoms with Crippen molar-refractivity contribution in [2.45, 2.75) is 12.7 Å². The lowest BCUT2D eigenvalue weighted by Crippen LogP contribution is -1.95. The van der Waals surface area contributed by atoms with Crippen LogP contribution in [0.2, 0.25) is 5.02 Å². The molecule has 0 aliphatic carbocycles. The summed E-state index contributed by atoms with van der Waals surface area (Å²) in [6, 6.07) is 5.34. The summed E-state index contributed by atoms with van der Waals surface area (Å²) in [6.07, 6.45) is 0. The first kappa shape index (κ1) is 9.71. The summed E-state index contributed by atoms with van der Waals surface area (Å²) >= 11 is 4.02. The number of halogens is 1. The van der Waals surface area contributed by atoms with Gasteiger partial charge in [0.2, 0.25) is 0 Å². The van der Waals surface area contributed by atoms with Gasteiger partial charge in [0.25, 0.3) is 0 Å². The highest BCUT2D eigenvalue weighted by Gasteiger charge is 2.03. The molecule has 0 aromatic heterocycles. The van der Waals surface area contributed by atoms with E-state index in [4.69, 9.17) is 16.2 Å². The van der Waals surface area contributed by atoms with Crippen molar-refractivity contribution in [3.8, 4) is 0 Å². The summed E-state index contributed by atoms with van der Waals surface area (Å²) in [6.45, 7) is 1.84. The second-order valence-corrected chi connectivity index (χ2v) is 3.83. The van der Waals surface area contributed by atoms with E-state index in [9.17, 15) is 4.21 Å². The van der Waals surface area contributed by atoms with E-state index in [-0.39, 0.29) is 5.75 Å². The van der Waals surface area contributed by atoms with Crippen LogP contribution in [0.15, 0.2) is 18.2 Å². The van der Waals surface area contributed by atoms with E-state index in [1.807, 2.05) is 6.92 Å². The van der Waals surface area contributed by atoms with Crippen molar-refractivity contribution in [2.24, 2.45) is 0 Å².